The average molecular weight is 332 g/mol. The van der Waals surface area contributed by atoms with Crippen LogP contribution in [0.4, 0.5) is 0 Å². The number of rotatable bonds is 4. The van der Waals surface area contributed by atoms with Crippen molar-refractivity contribution in [2.75, 3.05) is 25.7 Å². The smallest absolute Gasteiger partial charge is 0.134 e. The van der Waals surface area contributed by atoms with Gasteiger partial charge in [0.25, 0.3) is 0 Å². The van der Waals surface area contributed by atoms with Crippen molar-refractivity contribution in [3.8, 4) is 6.07 Å². The summed E-state index contributed by atoms with van der Waals surface area (Å²) in [5.41, 5.74) is 0. The van der Waals surface area contributed by atoms with Crippen molar-refractivity contribution in [2.45, 2.75) is 70.3 Å². The molecule has 130 valence electrons. The fourth-order valence-corrected chi connectivity index (χ4v) is 4.07. The van der Waals surface area contributed by atoms with Crippen LogP contribution in [0.1, 0.15) is 64.2 Å². The van der Waals surface area contributed by atoms with E-state index in [9.17, 15) is 4.21 Å². The normalized spacial score (nSPS) is 20.6. The van der Waals surface area contributed by atoms with Crippen LogP contribution in [-0.4, -0.2) is 41.1 Å². The molecular formula is C17H33NO3S. The molecule has 1 atom stereocenters. The predicted molar refractivity (Wildman–Crippen MR) is 92.1 cm³/mol. The Balaban J connectivity index is 0.000000360. The maximum Gasteiger partial charge on any atom is 0.134 e. The van der Waals surface area contributed by atoms with Gasteiger partial charge in [0, 0.05) is 29.9 Å². The first kappa shape index (κ1) is 21.6. The van der Waals surface area contributed by atoms with Gasteiger partial charge >= 0.3 is 0 Å². The summed E-state index contributed by atoms with van der Waals surface area (Å²) in [6.07, 6.45) is 15.2. The Morgan fingerprint density at radius 2 is 1.55 bits per heavy atom. The van der Waals surface area contributed by atoms with Crippen molar-refractivity contribution in [3.05, 3.63) is 0 Å². The van der Waals surface area contributed by atoms with Crippen LogP contribution in [0.25, 0.3) is 0 Å². The minimum absolute atomic E-state index is 0.269. The van der Waals surface area contributed by atoms with E-state index in [2.05, 4.69) is 0 Å². The molecule has 0 bridgehead atoms. The summed E-state index contributed by atoms with van der Waals surface area (Å²) < 4.78 is 16.1. The Morgan fingerprint density at radius 1 is 1.05 bits per heavy atom. The molecule has 2 saturated carbocycles. The highest BCUT2D eigenvalue weighted by atomic mass is 32.2. The van der Waals surface area contributed by atoms with Gasteiger partial charge in [0.2, 0.25) is 0 Å². The lowest BCUT2D eigenvalue weighted by Crippen LogP contribution is -2.16. The monoisotopic (exact) mass is 331 g/mol. The number of ether oxygens (including phenoxy) is 1. The molecule has 0 aliphatic heterocycles. The van der Waals surface area contributed by atoms with Crippen molar-refractivity contribution in [2.24, 2.45) is 5.92 Å². The van der Waals surface area contributed by atoms with Crippen molar-refractivity contribution >= 4 is 10.8 Å². The van der Waals surface area contributed by atoms with Crippen molar-refractivity contribution in [3.63, 3.8) is 0 Å². The number of hydrogen-bond donors (Lipinski definition) is 1. The fraction of sp³-hybridized carbons (Fsp3) is 0.941. The zero-order valence-electron chi connectivity index (χ0n) is 14.3. The van der Waals surface area contributed by atoms with E-state index in [1.54, 1.807) is 0 Å². The van der Waals surface area contributed by atoms with Gasteiger partial charge in [0.15, 0.2) is 0 Å². The molecule has 22 heavy (non-hydrogen) atoms. The molecule has 0 spiro atoms. The summed E-state index contributed by atoms with van der Waals surface area (Å²) in [7, 11) is 0.437. The summed E-state index contributed by atoms with van der Waals surface area (Å²) in [5.74, 6) is 1.72. The summed E-state index contributed by atoms with van der Waals surface area (Å²) in [6.45, 7) is 0.269. The quantitative estimate of drug-likeness (QED) is 0.857. The molecule has 2 aliphatic carbocycles. The van der Waals surface area contributed by atoms with E-state index >= 15 is 0 Å². The second-order valence-corrected chi connectivity index (χ2v) is 7.45. The molecule has 1 N–H and O–H groups in total. The Morgan fingerprint density at radius 3 is 2.00 bits per heavy atom. The van der Waals surface area contributed by atoms with Gasteiger partial charge < -0.3 is 9.84 Å². The van der Waals surface area contributed by atoms with E-state index in [4.69, 9.17) is 15.1 Å². The Bertz CT molecular complexity index is 306. The van der Waals surface area contributed by atoms with Gasteiger partial charge in [0.1, 0.15) is 6.61 Å². The summed E-state index contributed by atoms with van der Waals surface area (Å²) >= 11 is 0. The van der Waals surface area contributed by atoms with Crippen LogP contribution in [0.15, 0.2) is 0 Å². The number of aliphatic hydroxyl groups is 1. The van der Waals surface area contributed by atoms with Crippen molar-refractivity contribution in [1.82, 2.24) is 0 Å². The molecule has 0 aromatic rings. The third-order valence-corrected chi connectivity index (χ3v) is 5.07. The Kier molecular flexibility index (Phi) is 15.1. The number of nitrogens with zero attached hydrogens (tertiary/aromatic N) is 1. The van der Waals surface area contributed by atoms with Crippen molar-refractivity contribution < 1.29 is 14.1 Å². The SMILES string of the molecule is CO.CS(=O)CC1CCCCC1.N#CCOC1CCCCC1. The van der Waals surface area contributed by atoms with Crippen LogP contribution in [0.3, 0.4) is 0 Å². The first-order valence-corrected chi connectivity index (χ1v) is 10.2. The van der Waals surface area contributed by atoms with Gasteiger partial charge in [0.05, 0.1) is 12.2 Å². The first-order valence-electron chi connectivity index (χ1n) is 8.45. The number of hydrogen-bond acceptors (Lipinski definition) is 4. The average Bonchev–Trinajstić information content (AvgIpc) is 2.57. The molecule has 0 saturated heterocycles. The molecule has 0 radical (unpaired) electrons. The van der Waals surface area contributed by atoms with E-state index in [1.807, 2.05) is 12.3 Å². The highest BCUT2D eigenvalue weighted by Gasteiger charge is 2.14. The molecular weight excluding hydrogens is 298 g/mol. The third-order valence-electron chi connectivity index (χ3n) is 4.13. The molecule has 0 aromatic heterocycles. The van der Waals surface area contributed by atoms with Crippen molar-refractivity contribution in [1.29, 1.82) is 5.26 Å². The molecule has 1 unspecified atom stereocenters. The second kappa shape index (κ2) is 15.5. The van der Waals surface area contributed by atoms with Gasteiger partial charge in [-0.05, 0) is 31.6 Å². The molecule has 2 rings (SSSR count). The van der Waals surface area contributed by atoms with E-state index in [1.165, 1.54) is 51.4 Å². The van der Waals surface area contributed by atoms with Crippen LogP contribution >= 0.6 is 0 Å². The molecule has 2 aliphatic rings. The van der Waals surface area contributed by atoms with Crippen LogP contribution in [0, 0.1) is 17.2 Å². The summed E-state index contributed by atoms with van der Waals surface area (Å²) in [5, 5.41) is 15.2. The van der Waals surface area contributed by atoms with Crippen LogP contribution in [0.5, 0.6) is 0 Å². The molecule has 2 fully saturated rings. The van der Waals surface area contributed by atoms with Crippen LogP contribution < -0.4 is 0 Å². The maximum absolute atomic E-state index is 10.8. The Labute approximate surface area is 138 Å². The molecule has 0 amide bonds. The second-order valence-electron chi connectivity index (χ2n) is 5.97. The van der Waals surface area contributed by atoms with Gasteiger partial charge in [-0.2, -0.15) is 5.26 Å². The summed E-state index contributed by atoms with van der Waals surface area (Å²) in [6, 6.07) is 1.99. The molecule has 0 heterocycles. The first-order chi connectivity index (χ1) is 10.7. The predicted octanol–water partition coefficient (Wildman–Crippen LogP) is 3.41. The lowest BCUT2D eigenvalue weighted by molar-refractivity contribution is 0.0490. The maximum atomic E-state index is 10.8. The molecule has 4 nitrogen and oxygen atoms in total. The Hall–Kier alpha value is -0.440. The lowest BCUT2D eigenvalue weighted by Gasteiger charge is -2.20. The van der Waals surface area contributed by atoms with E-state index in [-0.39, 0.29) is 6.61 Å². The van der Waals surface area contributed by atoms with E-state index in [0.29, 0.717) is 6.10 Å². The lowest BCUT2D eigenvalue weighted by atomic mass is 9.91. The molecule has 5 heteroatoms. The summed E-state index contributed by atoms with van der Waals surface area (Å²) in [4.78, 5) is 0. The highest BCUT2D eigenvalue weighted by Crippen LogP contribution is 2.23. The minimum atomic E-state index is -0.563. The van der Waals surface area contributed by atoms with Crippen LogP contribution in [0.2, 0.25) is 0 Å². The van der Waals surface area contributed by atoms with Gasteiger partial charge in [-0.3, -0.25) is 4.21 Å². The zero-order valence-corrected chi connectivity index (χ0v) is 15.1. The van der Waals surface area contributed by atoms with Gasteiger partial charge in [-0.1, -0.05) is 38.5 Å². The zero-order chi connectivity index (χ0) is 16.6. The highest BCUT2D eigenvalue weighted by molar-refractivity contribution is 7.84. The topological polar surface area (TPSA) is 70.3 Å². The number of nitriles is 1. The van der Waals surface area contributed by atoms with E-state index in [0.717, 1.165) is 31.6 Å². The largest absolute Gasteiger partial charge is 0.400 e. The molecule has 0 aromatic carbocycles. The van der Waals surface area contributed by atoms with Crippen LogP contribution in [-0.2, 0) is 15.5 Å². The van der Waals surface area contributed by atoms with E-state index < -0.39 is 10.8 Å². The minimum Gasteiger partial charge on any atom is -0.400 e. The number of aliphatic hydroxyl groups excluding tert-OH is 1. The fourth-order valence-electron chi connectivity index (χ4n) is 3.07. The third kappa shape index (κ3) is 12.1. The standard InChI is InChI=1S/C8H13NO.C8H16OS.CH4O/c9-6-7-10-8-4-2-1-3-5-8;1-10(9)7-8-5-3-2-4-6-8;1-2/h8H,1-5,7H2;8H,2-7H2,1H3;2H,1H3. The van der Waals surface area contributed by atoms with Gasteiger partial charge in [-0.15, -0.1) is 0 Å². The van der Waals surface area contributed by atoms with Gasteiger partial charge in [-0.25, -0.2) is 0 Å².